The maximum atomic E-state index is 12.9. The number of ether oxygens (including phenoxy) is 1. The van der Waals surface area contributed by atoms with Crippen LogP contribution < -0.4 is 5.32 Å². The van der Waals surface area contributed by atoms with Crippen molar-refractivity contribution in [3.63, 3.8) is 0 Å². The van der Waals surface area contributed by atoms with Crippen LogP contribution in [0.3, 0.4) is 0 Å². The summed E-state index contributed by atoms with van der Waals surface area (Å²) in [4.78, 5) is 23.7. The van der Waals surface area contributed by atoms with Crippen LogP contribution in [-0.2, 0) is 9.53 Å². The number of benzene rings is 1. The molecule has 1 N–H and O–H groups in total. The van der Waals surface area contributed by atoms with Crippen molar-refractivity contribution in [2.75, 3.05) is 6.61 Å². The minimum atomic E-state index is -0.739. The fourth-order valence-electron chi connectivity index (χ4n) is 2.64. The van der Waals surface area contributed by atoms with Crippen molar-refractivity contribution < 1.29 is 18.7 Å². The van der Waals surface area contributed by atoms with Crippen LogP contribution in [0.4, 0.5) is 4.39 Å². The highest BCUT2D eigenvalue weighted by Crippen LogP contribution is 2.23. The summed E-state index contributed by atoms with van der Waals surface area (Å²) in [5, 5.41) is 2.85. The van der Waals surface area contributed by atoms with Crippen LogP contribution in [0.15, 0.2) is 18.2 Å². The van der Waals surface area contributed by atoms with Crippen LogP contribution in [0, 0.1) is 11.7 Å². The quantitative estimate of drug-likeness (QED) is 0.863. The van der Waals surface area contributed by atoms with E-state index in [1.165, 1.54) is 12.5 Å². The topological polar surface area (TPSA) is 55.4 Å². The molecular formula is C16H19ClFNO3. The molecule has 1 aliphatic rings. The molecule has 1 amide bonds. The highest BCUT2D eigenvalue weighted by Gasteiger charge is 2.23. The third-order valence-corrected chi connectivity index (χ3v) is 4.26. The third kappa shape index (κ3) is 4.44. The Labute approximate surface area is 134 Å². The van der Waals surface area contributed by atoms with E-state index < -0.39 is 11.8 Å². The molecule has 2 rings (SSSR count). The van der Waals surface area contributed by atoms with E-state index in [1.807, 2.05) is 0 Å². The van der Waals surface area contributed by atoms with Crippen molar-refractivity contribution in [1.29, 1.82) is 0 Å². The van der Waals surface area contributed by atoms with Gasteiger partial charge < -0.3 is 10.1 Å². The molecule has 22 heavy (non-hydrogen) atoms. The Morgan fingerprint density at radius 2 is 2.09 bits per heavy atom. The number of carbonyl (C=O) groups is 2. The molecule has 120 valence electrons. The summed E-state index contributed by atoms with van der Waals surface area (Å²) in [5.41, 5.74) is 0.0434. The number of rotatable bonds is 4. The predicted molar refractivity (Wildman–Crippen MR) is 81.3 cm³/mol. The molecular weight excluding hydrogens is 309 g/mol. The average Bonchev–Trinajstić information content (AvgIpc) is 2.47. The lowest BCUT2D eigenvalue weighted by molar-refractivity contribution is -0.125. The molecule has 0 aliphatic heterocycles. The minimum absolute atomic E-state index is 0.0358. The molecule has 1 fully saturated rings. The van der Waals surface area contributed by atoms with E-state index in [-0.39, 0.29) is 29.1 Å². The molecule has 1 aliphatic carbocycles. The molecule has 4 nitrogen and oxygen atoms in total. The van der Waals surface area contributed by atoms with E-state index in [4.69, 9.17) is 16.3 Å². The van der Waals surface area contributed by atoms with Crippen LogP contribution in [0.1, 0.15) is 43.0 Å². The summed E-state index contributed by atoms with van der Waals surface area (Å²) < 4.78 is 17.9. The zero-order chi connectivity index (χ0) is 16.1. The minimum Gasteiger partial charge on any atom is -0.452 e. The number of halogens is 2. The molecule has 0 radical (unpaired) electrons. The van der Waals surface area contributed by atoms with Crippen molar-refractivity contribution in [2.24, 2.45) is 5.92 Å². The monoisotopic (exact) mass is 327 g/mol. The van der Waals surface area contributed by atoms with Crippen molar-refractivity contribution in [1.82, 2.24) is 5.32 Å². The van der Waals surface area contributed by atoms with E-state index in [1.54, 1.807) is 0 Å². The van der Waals surface area contributed by atoms with Gasteiger partial charge in [-0.2, -0.15) is 0 Å². The van der Waals surface area contributed by atoms with Crippen LogP contribution in [0.25, 0.3) is 0 Å². The first-order valence-corrected chi connectivity index (χ1v) is 7.76. The molecule has 1 aromatic rings. The molecule has 0 heterocycles. The Morgan fingerprint density at radius 1 is 1.36 bits per heavy atom. The third-order valence-electron chi connectivity index (χ3n) is 3.94. The molecule has 6 heteroatoms. The second kappa shape index (κ2) is 7.58. The summed E-state index contributed by atoms with van der Waals surface area (Å²) in [7, 11) is 0. The van der Waals surface area contributed by atoms with Gasteiger partial charge in [0, 0.05) is 6.04 Å². The normalized spacial score (nSPS) is 21.2. The maximum absolute atomic E-state index is 12.9. The van der Waals surface area contributed by atoms with Crippen LogP contribution in [0.5, 0.6) is 0 Å². The number of carbonyl (C=O) groups excluding carboxylic acids is 2. The molecule has 1 aromatic carbocycles. The van der Waals surface area contributed by atoms with Gasteiger partial charge in [0.05, 0.1) is 10.6 Å². The van der Waals surface area contributed by atoms with Gasteiger partial charge in [0.15, 0.2) is 6.61 Å². The molecule has 0 saturated heterocycles. The number of amides is 1. The molecule has 1 saturated carbocycles. The number of hydrogen-bond acceptors (Lipinski definition) is 3. The smallest absolute Gasteiger partial charge is 0.340 e. The van der Waals surface area contributed by atoms with Gasteiger partial charge in [0.25, 0.3) is 5.91 Å². The summed E-state index contributed by atoms with van der Waals surface area (Å²) in [6.45, 7) is 1.74. The van der Waals surface area contributed by atoms with Gasteiger partial charge in [-0.3, -0.25) is 4.79 Å². The summed E-state index contributed by atoms with van der Waals surface area (Å²) in [6.07, 6.45) is 4.33. The average molecular weight is 328 g/mol. The molecule has 0 spiro atoms. The Hall–Kier alpha value is -1.62. The summed E-state index contributed by atoms with van der Waals surface area (Å²) in [5.74, 6) is -1.17. The van der Waals surface area contributed by atoms with Crippen LogP contribution in [0.2, 0.25) is 5.02 Å². The second-order valence-electron chi connectivity index (χ2n) is 5.64. The Bertz CT molecular complexity index is 564. The van der Waals surface area contributed by atoms with E-state index >= 15 is 0 Å². The van der Waals surface area contributed by atoms with Gasteiger partial charge in [-0.15, -0.1) is 0 Å². The number of hydrogen-bond donors (Lipinski definition) is 1. The number of esters is 1. The first-order valence-electron chi connectivity index (χ1n) is 7.39. The zero-order valence-electron chi connectivity index (χ0n) is 12.4. The lowest BCUT2D eigenvalue weighted by Crippen LogP contribution is -2.42. The summed E-state index contributed by atoms with van der Waals surface area (Å²) >= 11 is 5.77. The highest BCUT2D eigenvalue weighted by atomic mass is 35.5. The fourth-order valence-corrected chi connectivity index (χ4v) is 2.89. The molecule has 2 unspecified atom stereocenters. The van der Waals surface area contributed by atoms with Gasteiger partial charge in [-0.25, -0.2) is 9.18 Å². The SMILES string of the molecule is CC1CCCCC1NC(=O)COC(=O)c1ccc(F)cc1Cl. The van der Waals surface area contributed by atoms with E-state index in [0.29, 0.717) is 5.92 Å². The van der Waals surface area contributed by atoms with Gasteiger partial charge in [0.2, 0.25) is 0 Å². The lowest BCUT2D eigenvalue weighted by Gasteiger charge is -2.29. The van der Waals surface area contributed by atoms with E-state index in [9.17, 15) is 14.0 Å². The van der Waals surface area contributed by atoms with Gasteiger partial charge in [-0.05, 0) is 37.0 Å². The first-order chi connectivity index (χ1) is 10.5. The van der Waals surface area contributed by atoms with Gasteiger partial charge in [0.1, 0.15) is 5.82 Å². The van der Waals surface area contributed by atoms with Crippen molar-refractivity contribution in [2.45, 2.75) is 38.6 Å². The predicted octanol–water partition coefficient (Wildman–Crippen LogP) is 3.33. The first kappa shape index (κ1) is 16.7. The largest absolute Gasteiger partial charge is 0.452 e. The number of nitrogens with one attached hydrogen (secondary N) is 1. The molecule has 0 aromatic heterocycles. The highest BCUT2D eigenvalue weighted by molar-refractivity contribution is 6.33. The van der Waals surface area contributed by atoms with Crippen molar-refractivity contribution in [3.05, 3.63) is 34.6 Å². The van der Waals surface area contributed by atoms with Crippen molar-refractivity contribution in [3.8, 4) is 0 Å². The van der Waals surface area contributed by atoms with E-state index in [2.05, 4.69) is 12.2 Å². The standard InChI is InChI=1S/C16H19ClFNO3/c1-10-4-2-3-5-14(10)19-15(20)9-22-16(21)12-7-6-11(18)8-13(12)17/h6-8,10,14H,2-5,9H2,1H3,(H,19,20). The Morgan fingerprint density at radius 3 is 2.77 bits per heavy atom. The Balaban J connectivity index is 1.84. The molecule has 0 bridgehead atoms. The Kier molecular flexibility index (Phi) is 5.77. The molecule has 2 atom stereocenters. The lowest BCUT2D eigenvalue weighted by atomic mass is 9.86. The summed E-state index contributed by atoms with van der Waals surface area (Å²) in [6, 6.07) is 3.52. The fraction of sp³-hybridized carbons (Fsp3) is 0.500. The van der Waals surface area contributed by atoms with Crippen LogP contribution in [-0.4, -0.2) is 24.5 Å². The van der Waals surface area contributed by atoms with Gasteiger partial charge >= 0.3 is 5.97 Å². The van der Waals surface area contributed by atoms with Crippen molar-refractivity contribution >= 4 is 23.5 Å². The maximum Gasteiger partial charge on any atom is 0.340 e. The second-order valence-corrected chi connectivity index (χ2v) is 6.04. The zero-order valence-corrected chi connectivity index (χ0v) is 13.2. The van der Waals surface area contributed by atoms with Crippen LogP contribution >= 0.6 is 11.6 Å². The van der Waals surface area contributed by atoms with Gasteiger partial charge in [-0.1, -0.05) is 31.4 Å². The van der Waals surface area contributed by atoms with E-state index in [0.717, 1.165) is 31.4 Å².